The Balaban J connectivity index is 1.78. The van der Waals surface area contributed by atoms with Crippen LogP contribution in [-0.4, -0.2) is 122 Å². The maximum Gasteiger partial charge on any atom is 0.329 e. The highest BCUT2D eigenvalue weighted by Crippen LogP contribution is 2.50. The van der Waals surface area contributed by atoms with Gasteiger partial charge in [-0.15, -0.1) is 0 Å². The number of amides is 4. The van der Waals surface area contributed by atoms with Gasteiger partial charge in [-0.25, -0.2) is 4.79 Å². The second kappa shape index (κ2) is 20.2. The van der Waals surface area contributed by atoms with Gasteiger partial charge in [0.15, 0.2) is 0 Å². The van der Waals surface area contributed by atoms with Crippen molar-refractivity contribution < 1.29 is 38.2 Å². The van der Waals surface area contributed by atoms with Crippen LogP contribution in [0, 0.1) is 23.7 Å². The lowest BCUT2D eigenvalue weighted by atomic mass is 9.90. The summed E-state index contributed by atoms with van der Waals surface area (Å²) in [6.45, 7) is 14.8. The lowest BCUT2D eigenvalue weighted by molar-refractivity contribution is -0.159. The summed E-state index contributed by atoms with van der Waals surface area (Å²) >= 11 is 6.43. The SMILES string of the molecule is CC[C@H](C)[C@@H]([C@@H](CC(=O)N1[C@H]2C[C@H]2C[C@H]1[C@H](OC)[C@@H](C)C(=O)NC(Cc1ccccc1Cl)C(=O)OC(C)(C)C)OC)N(C)C(=O)CNC(=O)[C@@H](NC)C(C)C. The average molecular weight is 792 g/mol. The van der Waals surface area contributed by atoms with Crippen molar-refractivity contribution in [3.05, 3.63) is 34.9 Å². The van der Waals surface area contributed by atoms with Crippen molar-refractivity contribution in [2.24, 2.45) is 23.7 Å². The number of carbonyl (C=O) groups is 5. The van der Waals surface area contributed by atoms with Gasteiger partial charge in [-0.3, -0.25) is 19.2 Å². The van der Waals surface area contributed by atoms with Crippen LogP contribution < -0.4 is 16.0 Å². The third-order valence-electron chi connectivity index (χ3n) is 11.2. The van der Waals surface area contributed by atoms with E-state index in [2.05, 4.69) is 16.0 Å². The number of likely N-dealkylation sites (tertiary alicyclic amines) is 1. The monoisotopic (exact) mass is 791 g/mol. The molecule has 10 atom stereocenters. The zero-order valence-corrected chi connectivity index (χ0v) is 35.7. The normalized spacial score (nSPS) is 21.7. The molecule has 3 rings (SSSR count). The summed E-state index contributed by atoms with van der Waals surface area (Å²) in [6.07, 6.45) is 1.13. The number of carbonyl (C=O) groups excluding carboxylic acids is 5. The summed E-state index contributed by atoms with van der Waals surface area (Å²) in [5.41, 5.74) is -0.0828. The average Bonchev–Trinajstić information content (AvgIpc) is 3.78. The Hall–Kier alpha value is -3.26. The molecule has 2 aliphatic rings. The number of nitrogens with one attached hydrogen (secondary N) is 3. The molecule has 4 amide bonds. The second-order valence-electron chi connectivity index (χ2n) is 16.6. The number of fused-ring (bicyclic) bond motifs is 1. The van der Waals surface area contributed by atoms with Gasteiger partial charge in [0.2, 0.25) is 23.6 Å². The predicted molar refractivity (Wildman–Crippen MR) is 212 cm³/mol. The molecule has 1 saturated carbocycles. The molecule has 14 heteroatoms. The van der Waals surface area contributed by atoms with E-state index in [0.29, 0.717) is 22.9 Å². The number of nitrogens with zero attached hydrogens (tertiary/aromatic N) is 2. The minimum Gasteiger partial charge on any atom is -0.458 e. The summed E-state index contributed by atoms with van der Waals surface area (Å²) in [6, 6.07) is 4.90. The molecule has 1 aliphatic carbocycles. The van der Waals surface area contributed by atoms with Crippen LogP contribution >= 0.6 is 11.6 Å². The van der Waals surface area contributed by atoms with E-state index in [1.165, 1.54) is 7.11 Å². The van der Waals surface area contributed by atoms with Gasteiger partial charge in [0.25, 0.3) is 0 Å². The fraction of sp³-hybridized carbons (Fsp3) is 0.732. The standard InChI is InChI=1S/C41H66ClN5O8/c1-13-24(4)36(46(10)34(49)22-44-39(51)35(43-9)23(2)3)32(53-11)21-33(48)47-30-19-27(30)20-31(47)37(54-12)25(5)38(50)45-29(40(52)55-41(6,7)8)18-26-16-14-15-17-28(26)42/h14-17,23-25,27,29-32,35-37,43H,13,18-22H2,1-12H3,(H,44,51)(H,45,50)/t24-,25+,27-,29?,30-,31-,32+,35-,36-,37+/m0/s1. The van der Waals surface area contributed by atoms with E-state index >= 15 is 0 Å². The molecule has 55 heavy (non-hydrogen) atoms. The Morgan fingerprint density at radius 1 is 1.00 bits per heavy atom. The van der Waals surface area contributed by atoms with Gasteiger partial charge >= 0.3 is 5.97 Å². The number of halogens is 1. The van der Waals surface area contributed by atoms with Crippen LogP contribution in [0.5, 0.6) is 0 Å². The maximum absolute atomic E-state index is 14.4. The van der Waals surface area contributed by atoms with Crippen LogP contribution in [0.15, 0.2) is 24.3 Å². The van der Waals surface area contributed by atoms with E-state index in [1.54, 1.807) is 72.0 Å². The molecule has 0 radical (unpaired) electrons. The molecular formula is C41H66ClN5O8. The van der Waals surface area contributed by atoms with Crippen LogP contribution in [0.1, 0.15) is 86.6 Å². The molecule has 3 N–H and O–H groups in total. The van der Waals surface area contributed by atoms with E-state index in [4.69, 9.17) is 25.8 Å². The lowest BCUT2D eigenvalue weighted by Crippen LogP contribution is -2.56. The van der Waals surface area contributed by atoms with E-state index in [-0.39, 0.29) is 61.0 Å². The predicted octanol–water partition coefficient (Wildman–Crippen LogP) is 3.99. The third kappa shape index (κ3) is 12.1. The smallest absolute Gasteiger partial charge is 0.329 e. The van der Waals surface area contributed by atoms with Gasteiger partial charge in [-0.2, -0.15) is 0 Å². The van der Waals surface area contributed by atoms with Crippen molar-refractivity contribution >= 4 is 41.2 Å². The highest BCUT2D eigenvalue weighted by molar-refractivity contribution is 6.31. The van der Waals surface area contributed by atoms with Crippen LogP contribution in [0.2, 0.25) is 5.02 Å². The minimum absolute atomic E-state index is 0.0138. The highest BCUT2D eigenvalue weighted by atomic mass is 35.5. The molecule has 1 aromatic carbocycles. The van der Waals surface area contributed by atoms with Gasteiger partial charge in [0.05, 0.1) is 49.2 Å². The Bertz CT molecular complexity index is 1490. The molecule has 1 saturated heterocycles. The number of benzene rings is 1. The van der Waals surface area contributed by atoms with Crippen LogP contribution in [0.3, 0.4) is 0 Å². The summed E-state index contributed by atoms with van der Waals surface area (Å²) in [5.74, 6) is -2.09. The zero-order valence-electron chi connectivity index (χ0n) is 34.9. The summed E-state index contributed by atoms with van der Waals surface area (Å²) in [5, 5.41) is 9.14. The summed E-state index contributed by atoms with van der Waals surface area (Å²) in [7, 11) is 6.48. The molecule has 2 fully saturated rings. The Morgan fingerprint density at radius 3 is 2.20 bits per heavy atom. The number of rotatable bonds is 20. The van der Waals surface area contributed by atoms with Gasteiger partial charge < -0.3 is 40.0 Å². The molecule has 310 valence electrons. The number of hydrogen-bond acceptors (Lipinski definition) is 9. The molecular weight excluding hydrogens is 726 g/mol. The molecule has 1 heterocycles. The summed E-state index contributed by atoms with van der Waals surface area (Å²) < 4.78 is 17.7. The van der Waals surface area contributed by atoms with Crippen LogP contribution in [-0.2, 0) is 44.6 Å². The number of methoxy groups -OCH3 is 2. The Morgan fingerprint density at radius 2 is 1.65 bits per heavy atom. The Kier molecular flexibility index (Phi) is 17.0. The van der Waals surface area contributed by atoms with E-state index in [0.717, 1.165) is 12.8 Å². The minimum atomic E-state index is -1.01. The number of likely N-dealkylation sites (N-methyl/N-ethyl adjacent to an activating group) is 2. The molecule has 1 aromatic rings. The van der Waals surface area contributed by atoms with Gasteiger partial charge in [-0.1, -0.05) is 70.8 Å². The van der Waals surface area contributed by atoms with Gasteiger partial charge in [0.1, 0.15) is 11.6 Å². The molecule has 0 aromatic heterocycles. The molecule has 13 nitrogen and oxygen atoms in total. The topological polar surface area (TPSA) is 156 Å². The molecule has 1 aliphatic heterocycles. The second-order valence-corrected chi connectivity index (χ2v) is 17.0. The first-order valence-electron chi connectivity index (χ1n) is 19.6. The lowest BCUT2D eigenvalue weighted by Gasteiger charge is -2.40. The van der Waals surface area contributed by atoms with Crippen molar-refractivity contribution in [3.63, 3.8) is 0 Å². The van der Waals surface area contributed by atoms with Crippen LogP contribution in [0.4, 0.5) is 0 Å². The van der Waals surface area contributed by atoms with Crippen molar-refractivity contribution in [3.8, 4) is 0 Å². The number of piperidine rings is 1. The molecule has 1 unspecified atom stereocenters. The number of ether oxygens (including phenoxy) is 3. The maximum atomic E-state index is 14.4. The fourth-order valence-electron chi connectivity index (χ4n) is 7.95. The van der Waals surface area contributed by atoms with Crippen molar-refractivity contribution in [2.45, 2.75) is 136 Å². The third-order valence-corrected chi connectivity index (χ3v) is 11.5. The van der Waals surface area contributed by atoms with Crippen LogP contribution in [0.25, 0.3) is 0 Å². The fourth-order valence-corrected chi connectivity index (χ4v) is 8.16. The summed E-state index contributed by atoms with van der Waals surface area (Å²) in [4.78, 5) is 71.4. The van der Waals surface area contributed by atoms with E-state index in [1.807, 2.05) is 38.7 Å². The van der Waals surface area contributed by atoms with E-state index in [9.17, 15) is 24.0 Å². The van der Waals surface area contributed by atoms with E-state index < -0.39 is 53.7 Å². The quantitative estimate of drug-likeness (QED) is 0.166. The number of hydrogen-bond donors (Lipinski definition) is 3. The zero-order chi connectivity index (χ0) is 41.4. The number of esters is 1. The first-order chi connectivity index (χ1) is 25.8. The largest absolute Gasteiger partial charge is 0.458 e. The highest BCUT2D eigenvalue weighted by Gasteiger charge is 2.57. The first kappa shape index (κ1) is 46.1. The van der Waals surface area contributed by atoms with Gasteiger partial charge in [0, 0.05) is 38.8 Å². The van der Waals surface area contributed by atoms with Gasteiger partial charge in [-0.05, 0) is 70.0 Å². The van der Waals surface area contributed by atoms with Crippen molar-refractivity contribution in [2.75, 3.05) is 34.9 Å². The first-order valence-corrected chi connectivity index (χ1v) is 20.0. The van der Waals surface area contributed by atoms with Crippen molar-refractivity contribution in [1.29, 1.82) is 0 Å². The Labute approximate surface area is 333 Å². The van der Waals surface area contributed by atoms with Crippen molar-refractivity contribution in [1.82, 2.24) is 25.8 Å². The molecule has 0 bridgehead atoms. The molecule has 0 spiro atoms.